The Kier molecular flexibility index (Phi) is 3.51. The first-order valence-corrected chi connectivity index (χ1v) is 5.56. The molecule has 0 saturated heterocycles. The van der Waals surface area contributed by atoms with Gasteiger partial charge < -0.3 is 15.8 Å². The number of nitrogens with zero attached hydrogens (tertiary/aromatic N) is 1. The molecule has 2 rings (SSSR count). The number of nitro groups is 1. The zero-order chi connectivity index (χ0) is 13.8. The predicted molar refractivity (Wildman–Crippen MR) is 73.8 cm³/mol. The summed E-state index contributed by atoms with van der Waals surface area (Å²) < 4.78 is 5.04. The molecule has 2 aromatic rings. The molecule has 0 aliphatic heterocycles. The van der Waals surface area contributed by atoms with Crippen LogP contribution in [0.5, 0.6) is 5.75 Å². The van der Waals surface area contributed by atoms with Crippen LogP contribution in [0.1, 0.15) is 0 Å². The van der Waals surface area contributed by atoms with Crippen LogP contribution in [0.15, 0.2) is 42.5 Å². The van der Waals surface area contributed by atoms with Gasteiger partial charge >= 0.3 is 5.69 Å². The highest BCUT2D eigenvalue weighted by molar-refractivity contribution is 5.78. The molecule has 2 aromatic carbocycles. The molecule has 0 saturated carbocycles. The maximum Gasteiger partial charge on any atom is 0.315 e. The molecule has 19 heavy (non-hydrogen) atoms. The number of nitro benzene ring substituents is 1. The Balaban J connectivity index is 2.32. The number of nitrogens with two attached hydrogens (primary N) is 1. The Hall–Kier alpha value is -2.76. The Morgan fingerprint density at radius 2 is 1.89 bits per heavy atom. The van der Waals surface area contributed by atoms with Crippen molar-refractivity contribution in [1.82, 2.24) is 0 Å². The van der Waals surface area contributed by atoms with Crippen molar-refractivity contribution in [3.05, 3.63) is 52.6 Å². The van der Waals surface area contributed by atoms with Gasteiger partial charge in [-0.1, -0.05) is 6.07 Å². The van der Waals surface area contributed by atoms with Crippen LogP contribution in [0, 0.1) is 10.1 Å². The largest absolute Gasteiger partial charge is 0.497 e. The molecular formula is C13H13N3O3. The Morgan fingerprint density at radius 1 is 1.21 bits per heavy atom. The average Bonchev–Trinajstić information content (AvgIpc) is 2.39. The van der Waals surface area contributed by atoms with Crippen molar-refractivity contribution >= 4 is 22.7 Å². The first-order valence-electron chi connectivity index (χ1n) is 5.56. The molecule has 0 radical (unpaired) electrons. The fraction of sp³-hybridized carbons (Fsp3) is 0.0769. The van der Waals surface area contributed by atoms with Gasteiger partial charge in [-0.05, 0) is 36.4 Å². The molecular weight excluding hydrogens is 246 g/mol. The number of nitrogens with one attached hydrogen (secondary N) is 1. The van der Waals surface area contributed by atoms with E-state index in [0.717, 1.165) is 5.69 Å². The zero-order valence-corrected chi connectivity index (χ0v) is 10.3. The molecule has 6 heteroatoms. The summed E-state index contributed by atoms with van der Waals surface area (Å²) >= 11 is 0. The summed E-state index contributed by atoms with van der Waals surface area (Å²) in [6, 6.07) is 11.8. The van der Waals surface area contributed by atoms with E-state index in [1.54, 1.807) is 43.5 Å². The van der Waals surface area contributed by atoms with Crippen molar-refractivity contribution < 1.29 is 9.66 Å². The molecule has 0 unspecified atom stereocenters. The first kappa shape index (κ1) is 12.7. The van der Waals surface area contributed by atoms with E-state index in [2.05, 4.69) is 5.32 Å². The summed E-state index contributed by atoms with van der Waals surface area (Å²) in [4.78, 5) is 10.5. The summed E-state index contributed by atoms with van der Waals surface area (Å²) in [5, 5.41) is 14.0. The summed E-state index contributed by atoms with van der Waals surface area (Å²) in [6.45, 7) is 0. The van der Waals surface area contributed by atoms with E-state index < -0.39 is 4.92 Å². The van der Waals surface area contributed by atoms with Gasteiger partial charge in [0.25, 0.3) is 0 Å². The summed E-state index contributed by atoms with van der Waals surface area (Å²) in [7, 11) is 1.57. The highest BCUT2D eigenvalue weighted by Crippen LogP contribution is 2.32. The molecule has 0 atom stereocenters. The normalized spacial score (nSPS) is 9.95. The van der Waals surface area contributed by atoms with Crippen molar-refractivity contribution in [2.24, 2.45) is 0 Å². The van der Waals surface area contributed by atoms with Crippen molar-refractivity contribution in [3.8, 4) is 5.75 Å². The van der Waals surface area contributed by atoms with Crippen LogP contribution in [0.4, 0.5) is 22.7 Å². The Labute approximate surface area is 110 Å². The minimum atomic E-state index is -0.499. The molecule has 98 valence electrons. The number of hydrogen-bond acceptors (Lipinski definition) is 5. The van der Waals surface area contributed by atoms with Gasteiger partial charge in [0, 0.05) is 5.69 Å². The molecule has 0 aliphatic carbocycles. The lowest BCUT2D eigenvalue weighted by molar-refractivity contribution is -0.383. The lowest BCUT2D eigenvalue weighted by Crippen LogP contribution is -2.00. The molecule has 3 N–H and O–H groups in total. The maximum atomic E-state index is 11.0. The predicted octanol–water partition coefficient (Wildman–Crippen LogP) is 2.93. The zero-order valence-electron chi connectivity index (χ0n) is 10.3. The van der Waals surface area contributed by atoms with Crippen molar-refractivity contribution in [3.63, 3.8) is 0 Å². The number of benzene rings is 2. The fourth-order valence-corrected chi connectivity index (χ4v) is 1.70. The van der Waals surface area contributed by atoms with E-state index in [4.69, 9.17) is 10.5 Å². The Bertz CT molecular complexity index is 597. The van der Waals surface area contributed by atoms with Gasteiger partial charge in [0.15, 0.2) is 0 Å². The van der Waals surface area contributed by atoms with Gasteiger partial charge in [0.2, 0.25) is 0 Å². The van der Waals surface area contributed by atoms with Gasteiger partial charge in [-0.25, -0.2) is 0 Å². The molecule has 0 fully saturated rings. The lowest BCUT2D eigenvalue weighted by Gasteiger charge is -2.09. The van der Waals surface area contributed by atoms with Crippen LogP contribution >= 0.6 is 0 Å². The van der Waals surface area contributed by atoms with Crippen LogP contribution in [-0.4, -0.2) is 12.0 Å². The number of nitrogen functional groups attached to an aromatic ring is 1. The standard InChI is InChI=1S/C13H13N3O3/c1-19-10-7-5-9(6-8-10)15-12-4-2-3-11(14)13(12)16(17)18/h2-8,15H,14H2,1H3. The Morgan fingerprint density at radius 3 is 2.47 bits per heavy atom. The fourth-order valence-electron chi connectivity index (χ4n) is 1.70. The first-order chi connectivity index (χ1) is 9.11. The van der Waals surface area contributed by atoms with Crippen LogP contribution in [0.25, 0.3) is 0 Å². The third-order valence-corrected chi connectivity index (χ3v) is 2.62. The van der Waals surface area contributed by atoms with E-state index in [9.17, 15) is 10.1 Å². The third kappa shape index (κ3) is 2.74. The monoisotopic (exact) mass is 259 g/mol. The molecule has 0 bridgehead atoms. The van der Waals surface area contributed by atoms with Crippen LogP contribution in [0.2, 0.25) is 0 Å². The van der Waals surface area contributed by atoms with Crippen molar-refractivity contribution in [1.29, 1.82) is 0 Å². The van der Waals surface area contributed by atoms with Gasteiger partial charge in [0.05, 0.1) is 12.0 Å². The SMILES string of the molecule is COc1ccc(Nc2cccc(N)c2[N+](=O)[O-])cc1. The number of methoxy groups -OCH3 is 1. The third-order valence-electron chi connectivity index (χ3n) is 2.62. The quantitative estimate of drug-likeness (QED) is 0.500. The van der Waals surface area contributed by atoms with Crippen LogP contribution in [-0.2, 0) is 0 Å². The maximum absolute atomic E-state index is 11.0. The molecule has 0 spiro atoms. The van der Waals surface area contributed by atoms with E-state index in [-0.39, 0.29) is 11.4 Å². The second-order valence-electron chi connectivity index (χ2n) is 3.85. The topological polar surface area (TPSA) is 90.4 Å². The van der Waals surface area contributed by atoms with E-state index >= 15 is 0 Å². The van der Waals surface area contributed by atoms with Gasteiger partial charge in [0.1, 0.15) is 17.1 Å². The van der Waals surface area contributed by atoms with Gasteiger partial charge in [-0.3, -0.25) is 10.1 Å². The average molecular weight is 259 g/mol. The highest BCUT2D eigenvalue weighted by atomic mass is 16.6. The minimum absolute atomic E-state index is 0.127. The lowest BCUT2D eigenvalue weighted by atomic mass is 10.2. The van der Waals surface area contributed by atoms with Gasteiger partial charge in [-0.15, -0.1) is 0 Å². The second kappa shape index (κ2) is 5.26. The molecule has 0 amide bonds. The van der Waals surface area contributed by atoms with E-state index in [1.165, 1.54) is 6.07 Å². The van der Waals surface area contributed by atoms with Crippen LogP contribution in [0.3, 0.4) is 0 Å². The second-order valence-corrected chi connectivity index (χ2v) is 3.85. The minimum Gasteiger partial charge on any atom is -0.497 e. The summed E-state index contributed by atoms with van der Waals surface area (Å²) in [5.74, 6) is 0.715. The number of hydrogen-bond donors (Lipinski definition) is 2. The van der Waals surface area contributed by atoms with Crippen molar-refractivity contribution in [2.75, 3.05) is 18.2 Å². The van der Waals surface area contributed by atoms with E-state index in [1.807, 2.05) is 0 Å². The number of para-hydroxylation sites is 1. The van der Waals surface area contributed by atoms with Crippen LogP contribution < -0.4 is 15.8 Å². The number of anilines is 3. The number of rotatable bonds is 4. The van der Waals surface area contributed by atoms with Gasteiger partial charge in [-0.2, -0.15) is 0 Å². The number of ether oxygens (including phenoxy) is 1. The summed E-state index contributed by atoms with van der Waals surface area (Å²) in [6.07, 6.45) is 0. The summed E-state index contributed by atoms with van der Waals surface area (Å²) in [5.41, 5.74) is 6.70. The molecule has 6 nitrogen and oxygen atoms in total. The molecule has 0 aromatic heterocycles. The van der Waals surface area contributed by atoms with E-state index in [0.29, 0.717) is 11.4 Å². The smallest absolute Gasteiger partial charge is 0.315 e. The van der Waals surface area contributed by atoms with Crippen molar-refractivity contribution in [2.45, 2.75) is 0 Å². The highest BCUT2D eigenvalue weighted by Gasteiger charge is 2.17. The molecule has 0 heterocycles. The molecule has 0 aliphatic rings.